The van der Waals surface area contributed by atoms with Gasteiger partial charge in [0.2, 0.25) is 0 Å². The minimum Gasteiger partial charge on any atom is -0.388 e. The molecule has 1 aromatic heterocycles. The number of halogens is 3. The van der Waals surface area contributed by atoms with Gasteiger partial charge < -0.3 is 5.11 Å². The Bertz CT molecular complexity index is 643. The highest BCUT2D eigenvalue weighted by Crippen LogP contribution is 2.31. The van der Waals surface area contributed by atoms with Gasteiger partial charge in [0, 0.05) is 28.0 Å². The minimum absolute atomic E-state index is 0.385. The van der Waals surface area contributed by atoms with Crippen LogP contribution in [0.2, 0.25) is 10.0 Å². The highest BCUT2D eigenvalue weighted by atomic mass is 79.9. The molecular weight excluding hydrogens is 375 g/mol. The molecule has 0 saturated heterocycles. The fourth-order valence-corrected chi connectivity index (χ4v) is 3.24. The van der Waals surface area contributed by atoms with E-state index in [0.717, 1.165) is 22.3 Å². The van der Waals surface area contributed by atoms with Crippen molar-refractivity contribution in [3.05, 3.63) is 49.7 Å². The molecule has 1 heterocycles. The van der Waals surface area contributed by atoms with Crippen molar-refractivity contribution < 1.29 is 5.11 Å². The van der Waals surface area contributed by atoms with Gasteiger partial charge in [0.25, 0.3) is 0 Å². The molecule has 1 aromatic carbocycles. The molecule has 0 aliphatic heterocycles. The van der Waals surface area contributed by atoms with Crippen LogP contribution in [0.5, 0.6) is 0 Å². The van der Waals surface area contributed by atoms with Gasteiger partial charge >= 0.3 is 0 Å². The minimum atomic E-state index is -0.723. The number of nitrogens with zero attached hydrogens (tertiary/aromatic N) is 2. The first kappa shape index (κ1) is 16.8. The van der Waals surface area contributed by atoms with Gasteiger partial charge in [0.05, 0.1) is 22.5 Å². The Morgan fingerprint density at radius 2 is 2.05 bits per heavy atom. The van der Waals surface area contributed by atoms with Crippen LogP contribution in [-0.4, -0.2) is 14.9 Å². The summed E-state index contributed by atoms with van der Waals surface area (Å²) in [6.45, 7) is 4.73. The van der Waals surface area contributed by atoms with E-state index in [-0.39, 0.29) is 0 Å². The SMILES string of the molecule is CCc1nn(CC)c(CC(O)c2cc(Br)ccc2Cl)c1Cl. The second kappa shape index (κ2) is 7.14. The van der Waals surface area contributed by atoms with Crippen LogP contribution in [0.4, 0.5) is 0 Å². The smallest absolute Gasteiger partial charge is 0.0860 e. The maximum atomic E-state index is 10.5. The number of aryl methyl sites for hydroxylation is 2. The molecule has 21 heavy (non-hydrogen) atoms. The lowest BCUT2D eigenvalue weighted by atomic mass is 10.0. The van der Waals surface area contributed by atoms with Gasteiger partial charge in [-0.15, -0.1) is 0 Å². The van der Waals surface area contributed by atoms with E-state index < -0.39 is 6.10 Å². The van der Waals surface area contributed by atoms with E-state index in [4.69, 9.17) is 23.2 Å². The molecule has 1 N–H and O–H groups in total. The molecule has 0 radical (unpaired) electrons. The van der Waals surface area contributed by atoms with Crippen LogP contribution in [-0.2, 0) is 19.4 Å². The Hall–Kier alpha value is -0.550. The summed E-state index contributed by atoms with van der Waals surface area (Å²) in [7, 11) is 0. The first-order valence-corrected chi connectivity index (χ1v) is 8.39. The third kappa shape index (κ3) is 3.62. The fraction of sp³-hybridized carbons (Fsp3) is 0.400. The Morgan fingerprint density at radius 3 is 2.67 bits per heavy atom. The monoisotopic (exact) mass is 390 g/mol. The fourth-order valence-electron chi connectivity index (χ4n) is 2.28. The van der Waals surface area contributed by atoms with Gasteiger partial charge in [-0.3, -0.25) is 4.68 Å². The van der Waals surface area contributed by atoms with Gasteiger partial charge in [-0.1, -0.05) is 46.1 Å². The van der Waals surface area contributed by atoms with Crippen molar-refractivity contribution >= 4 is 39.1 Å². The summed E-state index contributed by atoms with van der Waals surface area (Å²) in [4.78, 5) is 0. The van der Waals surface area contributed by atoms with Crippen molar-refractivity contribution in [3.8, 4) is 0 Å². The number of rotatable bonds is 5. The van der Waals surface area contributed by atoms with Crippen LogP contribution in [0.1, 0.15) is 36.9 Å². The van der Waals surface area contributed by atoms with E-state index in [2.05, 4.69) is 21.0 Å². The first-order chi connectivity index (χ1) is 9.97. The standard InChI is InChI=1S/C15H17BrCl2N2O/c1-3-12-15(18)13(20(4-2)19-12)8-14(21)10-7-9(16)5-6-11(10)17/h5-7,14,21H,3-4,8H2,1-2H3. The summed E-state index contributed by atoms with van der Waals surface area (Å²) in [5, 5.41) is 16.2. The van der Waals surface area contributed by atoms with E-state index >= 15 is 0 Å². The van der Waals surface area contributed by atoms with E-state index in [1.54, 1.807) is 6.07 Å². The number of aliphatic hydroxyl groups excluding tert-OH is 1. The number of benzene rings is 1. The Balaban J connectivity index is 2.33. The van der Waals surface area contributed by atoms with Crippen LogP contribution in [0.15, 0.2) is 22.7 Å². The highest BCUT2D eigenvalue weighted by Gasteiger charge is 2.20. The molecule has 2 rings (SSSR count). The predicted octanol–water partition coefficient (Wildman–Crippen LogP) is 4.81. The maximum Gasteiger partial charge on any atom is 0.0860 e. The lowest BCUT2D eigenvalue weighted by Gasteiger charge is -2.14. The van der Waals surface area contributed by atoms with E-state index in [9.17, 15) is 5.11 Å². The average Bonchev–Trinajstić information content (AvgIpc) is 2.77. The zero-order chi connectivity index (χ0) is 15.6. The van der Waals surface area contributed by atoms with Crippen molar-refractivity contribution in [1.29, 1.82) is 0 Å². The zero-order valence-electron chi connectivity index (χ0n) is 11.9. The molecule has 0 spiro atoms. The summed E-state index contributed by atoms with van der Waals surface area (Å²) >= 11 is 15.9. The number of aromatic nitrogens is 2. The topological polar surface area (TPSA) is 38.0 Å². The lowest BCUT2D eigenvalue weighted by Crippen LogP contribution is -2.09. The number of hydrogen-bond donors (Lipinski definition) is 1. The molecule has 0 aliphatic rings. The molecule has 0 amide bonds. The van der Waals surface area contributed by atoms with Gasteiger partial charge in [-0.25, -0.2) is 0 Å². The lowest BCUT2D eigenvalue weighted by molar-refractivity contribution is 0.175. The average molecular weight is 392 g/mol. The molecule has 1 unspecified atom stereocenters. The molecule has 0 saturated carbocycles. The van der Waals surface area contributed by atoms with Crippen molar-refractivity contribution in [1.82, 2.24) is 9.78 Å². The summed E-state index contributed by atoms with van der Waals surface area (Å²) in [6.07, 6.45) is 0.432. The van der Waals surface area contributed by atoms with Crippen LogP contribution in [0, 0.1) is 0 Å². The Morgan fingerprint density at radius 1 is 1.33 bits per heavy atom. The van der Waals surface area contributed by atoms with Crippen molar-refractivity contribution in [3.63, 3.8) is 0 Å². The first-order valence-electron chi connectivity index (χ1n) is 6.84. The van der Waals surface area contributed by atoms with Crippen molar-refractivity contribution in [2.75, 3.05) is 0 Å². The zero-order valence-corrected chi connectivity index (χ0v) is 15.0. The summed E-state index contributed by atoms with van der Waals surface area (Å²) < 4.78 is 2.72. The number of aliphatic hydroxyl groups is 1. The Labute approximate surface area is 143 Å². The van der Waals surface area contributed by atoms with Crippen LogP contribution in [0.25, 0.3) is 0 Å². The van der Waals surface area contributed by atoms with E-state index in [0.29, 0.717) is 28.6 Å². The molecule has 3 nitrogen and oxygen atoms in total. The molecule has 0 fully saturated rings. The summed E-state index contributed by atoms with van der Waals surface area (Å²) in [5.74, 6) is 0. The van der Waals surface area contributed by atoms with Crippen LogP contribution < -0.4 is 0 Å². The number of hydrogen-bond acceptors (Lipinski definition) is 2. The summed E-state index contributed by atoms with van der Waals surface area (Å²) in [6, 6.07) is 5.44. The van der Waals surface area contributed by atoms with Gasteiger partial charge in [0.15, 0.2) is 0 Å². The Kier molecular flexibility index (Phi) is 5.72. The van der Waals surface area contributed by atoms with Crippen LogP contribution >= 0.6 is 39.1 Å². The molecule has 0 bridgehead atoms. The largest absolute Gasteiger partial charge is 0.388 e. The van der Waals surface area contributed by atoms with Crippen molar-refractivity contribution in [2.45, 2.75) is 39.3 Å². The molecule has 6 heteroatoms. The normalized spacial score (nSPS) is 12.7. The second-order valence-electron chi connectivity index (χ2n) is 4.76. The molecule has 0 aliphatic carbocycles. The molecule has 1 atom stereocenters. The quantitative estimate of drug-likeness (QED) is 0.793. The highest BCUT2D eigenvalue weighted by molar-refractivity contribution is 9.10. The molecule has 2 aromatic rings. The van der Waals surface area contributed by atoms with Gasteiger partial charge in [-0.2, -0.15) is 5.10 Å². The van der Waals surface area contributed by atoms with E-state index in [1.807, 2.05) is 30.7 Å². The van der Waals surface area contributed by atoms with Gasteiger partial charge in [0.1, 0.15) is 0 Å². The van der Waals surface area contributed by atoms with Gasteiger partial charge in [-0.05, 0) is 31.5 Å². The van der Waals surface area contributed by atoms with E-state index in [1.165, 1.54) is 0 Å². The summed E-state index contributed by atoms with van der Waals surface area (Å²) in [5.41, 5.74) is 2.39. The maximum absolute atomic E-state index is 10.5. The molecular formula is C15H17BrCl2N2O. The molecule has 114 valence electrons. The third-order valence-corrected chi connectivity index (χ3v) is 4.67. The second-order valence-corrected chi connectivity index (χ2v) is 6.46. The van der Waals surface area contributed by atoms with Crippen molar-refractivity contribution in [2.24, 2.45) is 0 Å². The third-order valence-electron chi connectivity index (χ3n) is 3.40. The van der Waals surface area contributed by atoms with Crippen LogP contribution in [0.3, 0.4) is 0 Å². The predicted molar refractivity (Wildman–Crippen MR) is 90.1 cm³/mol.